The van der Waals surface area contributed by atoms with Gasteiger partial charge in [0.15, 0.2) is 24.4 Å². The van der Waals surface area contributed by atoms with E-state index in [4.69, 9.17) is 9.47 Å². The molecule has 0 saturated heterocycles. The lowest BCUT2D eigenvalue weighted by Crippen LogP contribution is -1.99. The number of rotatable bonds is 8. The van der Waals surface area contributed by atoms with Gasteiger partial charge in [-0.1, -0.05) is 73.9 Å². The zero-order chi connectivity index (χ0) is 29.6. The van der Waals surface area contributed by atoms with Crippen LogP contribution in [0.2, 0.25) is 0 Å². The zero-order valence-electron chi connectivity index (χ0n) is 22.4. The van der Waals surface area contributed by atoms with Crippen LogP contribution in [0.4, 0.5) is 4.39 Å². The molecule has 0 unspecified atom stereocenters. The first-order valence-corrected chi connectivity index (χ1v) is 12.1. The molecule has 0 radical (unpaired) electrons. The number of carbonyl (C=O) groups excluding carboxylic acids is 2. The average Bonchev–Trinajstić information content (AvgIpc) is 2.96. The Labute approximate surface area is 238 Å². The van der Waals surface area contributed by atoms with E-state index in [1.54, 1.807) is 60.7 Å². The number of ether oxygens (including phenoxy) is 4. The molecule has 3 aromatic carbocycles. The fourth-order valence-corrected chi connectivity index (χ4v) is 2.92. The van der Waals surface area contributed by atoms with Crippen LogP contribution in [-0.4, -0.2) is 11.9 Å². The van der Waals surface area contributed by atoms with Gasteiger partial charge in [0.25, 0.3) is 0 Å². The van der Waals surface area contributed by atoms with Crippen LogP contribution < -0.4 is 9.47 Å². The molecule has 3 rings (SSSR count). The topological polar surface area (TPSA) is 71.1 Å². The molecule has 0 bridgehead atoms. The van der Waals surface area contributed by atoms with E-state index in [2.05, 4.69) is 47.1 Å². The summed E-state index contributed by atoms with van der Waals surface area (Å²) >= 11 is 0. The summed E-state index contributed by atoms with van der Waals surface area (Å²) in [6.07, 6.45) is 16.0. The van der Waals surface area contributed by atoms with Gasteiger partial charge < -0.3 is 18.9 Å². The van der Waals surface area contributed by atoms with Gasteiger partial charge in [-0.2, -0.15) is 0 Å². The van der Waals surface area contributed by atoms with E-state index in [1.165, 1.54) is 19.9 Å². The van der Waals surface area contributed by atoms with Gasteiger partial charge in [-0.15, -0.1) is 0 Å². The van der Waals surface area contributed by atoms with Gasteiger partial charge in [0.2, 0.25) is 0 Å². The van der Waals surface area contributed by atoms with E-state index in [1.807, 2.05) is 24.3 Å². The number of hydrogen-bond donors (Lipinski definition) is 0. The molecule has 0 aliphatic carbocycles. The number of esters is 2. The van der Waals surface area contributed by atoms with Gasteiger partial charge in [-0.05, 0) is 60.9 Å². The van der Waals surface area contributed by atoms with E-state index in [0.717, 1.165) is 11.1 Å². The molecule has 0 heterocycles. The van der Waals surface area contributed by atoms with Crippen molar-refractivity contribution in [1.29, 1.82) is 0 Å². The Hall–Kier alpha value is -5.79. The van der Waals surface area contributed by atoms with E-state index < -0.39 is 11.9 Å². The van der Waals surface area contributed by atoms with Crippen LogP contribution in [0.1, 0.15) is 36.1 Å². The fourth-order valence-electron chi connectivity index (χ4n) is 2.92. The summed E-state index contributed by atoms with van der Waals surface area (Å²) in [5, 5.41) is 0. The first-order valence-electron chi connectivity index (χ1n) is 12.1. The van der Waals surface area contributed by atoms with Crippen LogP contribution in [0.25, 0.3) is 24.3 Å². The Morgan fingerprint density at radius 3 is 1.49 bits per heavy atom. The molecule has 204 valence electrons. The standard InChI is InChI=1S/C34H25FO6/c1-24(2)33(36)40-21-19-38-30-15-9-26(10-16-30)5-6-28-8-14-29(32(35)23-28)13-7-27-11-17-31(18-12-27)39-20-22-41-34(37)25(3)4/h5-18,23H,1,3H2,2,4H3/b6-5+,13-7+. The third-order valence-corrected chi connectivity index (χ3v) is 5.11. The van der Waals surface area contributed by atoms with Crippen molar-refractivity contribution >= 4 is 36.2 Å². The van der Waals surface area contributed by atoms with Crippen LogP contribution in [0.15, 0.2) is 91.0 Å². The summed E-state index contributed by atoms with van der Waals surface area (Å²) in [4.78, 5) is 22.5. The van der Waals surface area contributed by atoms with Crippen molar-refractivity contribution in [3.63, 3.8) is 0 Å². The molecule has 3 aromatic rings. The minimum absolute atomic E-state index is 0.238. The van der Waals surface area contributed by atoms with Crippen molar-refractivity contribution in [3.8, 4) is 35.9 Å². The highest BCUT2D eigenvalue weighted by Crippen LogP contribution is 2.19. The largest absolute Gasteiger partial charge is 0.405 e. The Morgan fingerprint density at radius 2 is 1.05 bits per heavy atom. The summed E-state index contributed by atoms with van der Waals surface area (Å²) < 4.78 is 34.3. The second kappa shape index (κ2) is 15.0. The molecule has 0 spiro atoms. The summed E-state index contributed by atoms with van der Waals surface area (Å²) in [5.74, 6) is -0.670. The molecule has 0 aliphatic rings. The lowest BCUT2D eigenvalue weighted by molar-refractivity contribution is -0.133. The smallest absolute Gasteiger partial charge is 0.347 e. The normalized spacial score (nSPS) is 10.1. The van der Waals surface area contributed by atoms with Crippen LogP contribution in [-0.2, 0) is 19.1 Å². The van der Waals surface area contributed by atoms with Crippen molar-refractivity contribution in [3.05, 3.63) is 119 Å². The number of hydrogen-bond acceptors (Lipinski definition) is 6. The van der Waals surface area contributed by atoms with Crippen LogP contribution in [0.3, 0.4) is 0 Å². The second-order valence-corrected chi connectivity index (χ2v) is 8.54. The summed E-state index contributed by atoms with van der Waals surface area (Å²) in [7, 11) is 0. The molecule has 0 atom stereocenters. The van der Waals surface area contributed by atoms with Crippen LogP contribution in [0.5, 0.6) is 11.5 Å². The third-order valence-electron chi connectivity index (χ3n) is 5.11. The SMILES string of the molecule is C=C(C)C(=O)OC#COc1ccc(/C=C/c2ccc(/C=C/c3ccc(OC#COC(=O)C(=C)C)cc3)c(F)c2)cc1. The molecule has 0 saturated carbocycles. The van der Waals surface area contributed by atoms with E-state index in [9.17, 15) is 14.0 Å². The predicted molar refractivity (Wildman–Crippen MR) is 156 cm³/mol. The predicted octanol–water partition coefficient (Wildman–Crippen LogP) is 7.00. The molecular weight excluding hydrogens is 523 g/mol. The van der Waals surface area contributed by atoms with Crippen molar-refractivity contribution in [2.45, 2.75) is 13.8 Å². The number of carbonyl (C=O) groups is 2. The third kappa shape index (κ3) is 10.1. The van der Waals surface area contributed by atoms with E-state index in [-0.39, 0.29) is 17.0 Å². The number of benzene rings is 3. The maximum absolute atomic E-state index is 14.7. The van der Waals surface area contributed by atoms with Gasteiger partial charge in [0.05, 0.1) is 0 Å². The summed E-state index contributed by atoms with van der Waals surface area (Å²) in [5.41, 5.74) is 3.31. The first-order chi connectivity index (χ1) is 19.7. The monoisotopic (exact) mass is 548 g/mol. The first kappa shape index (κ1) is 29.8. The Bertz CT molecular complexity index is 1620. The minimum Gasteiger partial charge on any atom is -0.405 e. The lowest BCUT2D eigenvalue weighted by atomic mass is 10.1. The molecule has 6 nitrogen and oxygen atoms in total. The zero-order valence-corrected chi connectivity index (χ0v) is 22.4. The van der Waals surface area contributed by atoms with Crippen LogP contribution >= 0.6 is 0 Å². The maximum atomic E-state index is 14.7. The Kier molecular flexibility index (Phi) is 10.9. The molecule has 0 fully saturated rings. The molecule has 0 aliphatic heterocycles. The Balaban J connectivity index is 1.53. The maximum Gasteiger partial charge on any atom is 0.347 e. The van der Waals surface area contributed by atoms with Crippen molar-refractivity contribution in [1.82, 2.24) is 0 Å². The molecule has 41 heavy (non-hydrogen) atoms. The molecule has 0 amide bonds. The quantitative estimate of drug-likeness (QED) is 0.131. The summed E-state index contributed by atoms with van der Waals surface area (Å²) in [6, 6.07) is 18.9. The van der Waals surface area contributed by atoms with Crippen LogP contribution in [0, 0.1) is 30.2 Å². The number of halogens is 1. The van der Waals surface area contributed by atoms with Gasteiger partial charge in [-0.25, -0.2) is 14.0 Å². The Morgan fingerprint density at radius 1 is 0.634 bits per heavy atom. The molecular formula is C34H25FO6. The molecule has 0 aromatic heterocycles. The second-order valence-electron chi connectivity index (χ2n) is 8.54. The van der Waals surface area contributed by atoms with Gasteiger partial charge in [0, 0.05) is 16.7 Å². The van der Waals surface area contributed by atoms with Gasteiger partial charge in [0.1, 0.15) is 17.3 Å². The summed E-state index contributed by atoms with van der Waals surface area (Å²) in [6.45, 7) is 9.95. The van der Waals surface area contributed by atoms with Gasteiger partial charge >= 0.3 is 11.9 Å². The van der Waals surface area contributed by atoms with E-state index in [0.29, 0.717) is 22.6 Å². The van der Waals surface area contributed by atoms with E-state index >= 15 is 0 Å². The highest BCUT2D eigenvalue weighted by atomic mass is 19.1. The highest BCUT2D eigenvalue weighted by molar-refractivity contribution is 5.88. The van der Waals surface area contributed by atoms with Crippen molar-refractivity contribution in [2.75, 3.05) is 0 Å². The molecule has 0 N–H and O–H groups in total. The van der Waals surface area contributed by atoms with Gasteiger partial charge in [-0.3, -0.25) is 0 Å². The lowest BCUT2D eigenvalue weighted by Gasteiger charge is -2.01. The highest BCUT2D eigenvalue weighted by Gasteiger charge is 2.02. The molecule has 7 heteroatoms. The average molecular weight is 549 g/mol. The van der Waals surface area contributed by atoms with Crippen molar-refractivity contribution in [2.24, 2.45) is 0 Å². The minimum atomic E-state index is -0.621. The van der Waals surface area contributed by atoms with Crippen molar-refractivity contribution < 1.29 is 32.9 Å². The fraction of sp³-hybridized carbons (Fsp3) is 0.0588.